The van der Waals surface area contributed by atoms with Crippen LogP contribution < -0.4 is 5.56 Å². The van der Waals surface area contributed by atoms with E-state index in [4.69, 9.17) is 0 Å². The smallest absolute Gasteiger partial charge is 0.297 e. The van der Waals surface area contributed by atoms with Crippen molar-refractivity contribution in [2.45, 2.75) is 43.5 Å². The molecule has 9 heteroatoms. The molecule has 2 aromatic heterocycles. The summed E-state index contributed by atoms with van der Waals surface area (Å²) in [7, 11) is 0. The lowest BCUT2D eigenvalue weighted by Crippen LogP contribution is -2.37. The van der Waals surface area contributed by atoms with Gasteiger partial charge in [0.15, 0.2) is 4.34 Å². The third-order valence-electron chi connectivity index (χ3n) is 4.68. The quantitative estimate of drug-likeness (QED) is 0.612. The van der Waals surface area contributed by atoms with Gasteiger partial charge in [-0.15, -0.1) is 15.3 Å². The van der Waals surface area contributed by atoms with E-state index in [1.807, 2.05) is 37.8 Å². The molecule has 4 rings (SSSR count). The van der Waals surface area contributed by atoms with Gasteiger partial charge >= 0.3 is 0 Å². The number of aromatic nitrogens is 4. The highest BCUT2D eigenvalue weighted by atomic mass is 32.2. The van der Waals surface area contributed by atoms with Crippen LogP contribution in [0.5, 0.6) is 0 Å². The Morgan fingerprint density at radius 2 is 1.96 bits per heavy atom. The van der Waals surface area contributed by atoms with Gasteiger partial charge in [0.2, 0.25) is 10.9 Å². The van der Waals surface area contributed by atoms with Crippen molar-refractivity contribution < 1.29 is 4.79 Å². The monoisotopic (exact) mass is 415 g/mol. The summed E-state index contributed by atoms with van der Waals surface area (Å²) in [4.78, 5) is 27.6. The number of carbonyl (C=O) groups is 1. The number of amides is 1. The van der Waals surface area contributed by atoms with E-state index in [0.717, 1.165) is 13.0 Å². The minimum Gasteiger partial charge on any atom is -0.337 e. The van der Waals surface area contributed by atoms with Crippen LogP contribution >= 0.6 is 23.1 Å². The second-order valence-electron chi connectivity index (χ2n) is 7.79. The van der Waals surface area contributed by atoms with E-state index in [-0.39, 0.29) is 17.2 Å². The zero-order valence-corrected chi connectivity index (χ0v) is 17.6. The van der Waals surface area contributed by atoms with Gasteiger partial charge in [0.25, 0.3) is 5.56 Å². The first-order valence-corrected chi connectivity index (χ1v) is 10.9. The molecule has 0 saturated heterocycles. The van der Waals surface area contributed by atoms with Gasteiger partial charge in [-0.1, -0.05) is 68.1 Å². The molecule has 0 bridgehead atoms. The molecule has 146 valence electrons. The lowest BCUT2D eigenvalue weighted by atomic mass is 9.93. The van der Waals surface area contributed by atoms with Crippen LogP contribution in [0.15, 0.2) is 33.4 Å². The van der Waals surface area contributed by atoms with E-state index < -0.39 is 5.41 Å². The first kappa shape index (κ1) is 19.1. The van der Waals surface area contributed by atoms with Crippen LogP contribution in [0.2, 0.25) is 0 Å². The van der Waals surface area contributed by atoms with E-state index >= 15 is 0 Å². The summed E-state index contributed by atoms with van der Waals surface area (Å²) in [5.74, 6) is 0.364. The third kappa shape index (κ3) is 3.68. The van der Waals surface area contributed by atoms with Gasteiger partial charge in [-0.2, -0.15) is 4.52 Å². The predicted octanol–water partition coefficient (Wildman–Crippen LogP) is 2.52. The van der Waals surface area contributed by atoms with Crippen LogP contribution in [0, 0.1) is 0 Å². The Labute approximate surface area is 170 Å². The Kier molecular flexibility index (Phi) is 4.96. The molecule has 0 saturated carbocycles. The molecule has 3 aromatic rings. The molecule has 0 unspecified atom stereocenters. The molecule has 0 spiro atoms. The van der Waals surface area contributed by atoms with Crippen LogP contribution in [0.3, 0.4) is 0 Å². The van der Waals surface area contributed by atoms with Gasteiger partial charge in [-0.3, -0.25) is 9.59 Å². The van der Waals surface area contributed by atoms with Gasteiger partial charge in [-0.25, -0.2) is 0 Å². The van der Waals surface area contributed by atoms with E-state index in [1.165, 1.54) is 38.7 Å². The third-order valence-corrected chi connectivity index (χ3v) is 6.70. The maximum absolute atomic E-state index is 12.6. The number of rotatable bonds is 3. The fraction of sp³-hybridized carbons (Fsp3) is 0.421. The zero-order valence-electron chi connectivity index (χ0n) is 16.0. The minimum absolute atomic E-state index is 0.0765. The summed E-state index contributed by atoms with van der Waals surface area (Å²) in [5.41, 5.74) is 2.26. The van der Waals surface area contributed by atoms with Crippen LogP contribution in [0.4, 0.5) is 0 Å². The van der Waals surface area contributed by atoms with Crippen molar-refractivity contribution >= 4 is 34.0 Å². The van der Waals surface area contributed by atoms with E-state index in [1.54, 1.807) is 0 Å². The highest BCUT2D eigenvalue weighted by molar-refractivity contribution is 8.01. The Balaban J connectivity index is 1.47. The summed E-state index contributed by atoms with van der Waals surface area (Å²) >= 11 is 2.62. The van der Waals surface area contributed by atoms with Crippen LogP contribution in [0.25, 0.3) is 4.96 Å². The fourth-order valence-corrected chi connectivity index (χ4v) is 4.93. The maximum Gasteiger partial charge on any atom is 0.297 e. The van der Waals surface area contributed by atoms with E-state index in [9.17, 15) is 9.59 Å². The first-order valence-electron chi connectivity index (χ1n) is 9.07. The fourth-order valence-electron chi connectivity index (χ4n) is 3.15. The SMILES string of the molecule is CC(C)(C)c1nnc2sc(SCC(=O)N3CCc4ccccc4C3)nn2c1=O. The lowest BCUT2D eigenvalue weighted by Gasteiger charge is -2.28. The van der Waals surface area contributed by atoms with E-state index in [0.29, 0.717) is 21.5 Å². The van der Waals surface area contributed by atoms with Crippen LogP contribution in [-0.4, -0.2) is 42.9 Å². The number of carbonyl (C=O) groups excluding carboxylic acids is 1. The molecule has 0 N–H and O–H groups in total. The molecule has 0 atom stereocenters. The molecular weight excluding hydrogens is 394 g/mol. The molecule has 28 heavy (non-hydrogen) atoms. The highest BCUT2D eigenvalue weighted by Gasteiger charge is 2.24. The molecule has 1 amide bonds. The molecule has 0 aliphatic carbocycles. The predicted molar refractivity (Wildman–Crippen MR) is 110 cm³/mol. The van der Waals surface area contributed by atoms with Gasteiger partial charge in [-0.05, 0) is 17.5 Å². The Morgan fingerprint density at radius 1 is 1.21 bits per heavy atom. The molecular formula is C19H21N5O2S2. The first-order chi connectivity index (χ1) is 13.3. The second kappa shape index (κ2) is 7.29. The number of hydrogen-bond acceptors (Lipinski definition) is 7. The summed E-state index contributed by atoms with van der Waals surface area (Å²) in [6, 6.07) is 8.24. The zero-order chi connectivity index (χ0) is 19.9. The summed E-state index contributed by atoms with van der Waals surface area (Å²) in [6.45, 7) is 7.14. The molecule has 0 fully saturated rings. The number of nitrogens with zero attached hydrogens (tertiary/aromatic N) is 5. The van der Waals surface area contributed by atoms with Gasteiger partial charge in [0, 0.05) is 18.5 Å². The number of hydrogen-bond donors (Lipinski definition) is 0. The van der Waals surface area contributed by atoms with Gasteiger partial charge in [0.05, 0.1) is 5.75 Å². The van der Waals surface area contributed by atoms with Crippen molar-refractivity contribution in [1.82, 2.24) is 24.7 Å². The van der Waals surface area contributed by atoms with Crippen molar-refractivity contribution in [3.05, 3.63) is 51.4 Å². The minimum atomic E-state index is -0.400. The van der Waals surface area contributed by atoms with Crippen molar-refractivity contribution in [2.75, 3.05) is 12.3 Å². The topological polar surface area (TPSA) is 80.5 Å². The molecule has 0 radical (unpaired) electrons. The molecule has 7 nitrogen and oxygen atoms in total. The van der Waals surface area contributed by atoms with Crippen molar-refractivity contribution in [2.24, 2.45) is 0 Å². The Morgan fingerprint density at radius 3 is 2.71 bits per heavy atom. The Hall–Kier alpha value is -2.26. The number of thioether (sulfide) groups is 1. The standard InChI is InChI=1S/C19H21N5O2S2/c1-19(2,3)15-16(26)24-17(21-20-15)28-18(22-24)27-11-14(25)23-9-8-12-6-4-5-7-13(12)10-23/h4-7H,8-11H2,1-3H3. The summed E-state index contributed by atoms with van der Waals surface area (Å²) in [5, 5.41) is 12.6. The number of fused-ring (bicyclic) bond motifs is 2. The molecule has 1 aliphatic heterocycles. The highest BCUT2D eigenvalue weighted by Crippen LogP contribution is 2.25. The van der Waals surface area contributed by atoms with Crippen LogP contribution in [0.1, 0.15) is 37.6 Å². The van der Waals surface area contributed by atoms with E-state index in [2.05, 4.69) is 27.4 Å². The van der Waals surface area contributed by atoms with Gasteiger partial charge < -0.3 is 4.90 Å². The van der Waals surface area contributed by atoms with Crippen LogP contribution in [-0.2, 0) is 23.2 Å². The maximum atomic E-state index is 12.6. The normalized spacial score (nSPS) is 14.3. The Bertz CT molecular complexity index is 1100. The summed E-state index contributed by atoms with van der Waals surface area (Å²) < 4.78 is 1.94. The largest absolute Gasteiger partial charge is 0.337 e. The number of benzene rings is 1. The van der Waals surface area contributed by atoms with Crippen molar-refractivity contribution in [3.63, 3.8) is 0 Å². The van der Waals surface area contributed by atoms with Crippen molar-refractivity contribution in [3.8, 4) is 0 Å². The van der Waals surface area contributed by atoms with Gasteiger partial charge in [0.1, 0.15) is 5.69 Å². The molecule has 1 aliphatic rings. The molecule has 3 heterocycles. The summed E-state index contributed by atoms with van der Waals surface area (Å²) in [6.07, 6.45) is 0.883. The molecule has 1 aromatic carbocycles. The van der Waals surface area contributed by atoms with Crippen molar-refractivity contribution in [1.29, 1.82) is 0 Å². The average molecular weight is 416 g/mol. The average Bonchev–Trinajstić information content (AvgIpc) is 3.09. The lowest BCUT2D eigenvalue weighted by molar-refractivity contribution is -0.129. The second-order valence-corrected chi connectivity index (χ2v) is 9.97.